The minimum Gasteiger partial charge on any atom is -0.507 e. The second kappa shape index (κ2) is 13.7. The SMILES string of the molecule is CC(C)[C@@H]1NC(=O)c2cc(ccc2O)Oc2ccc(cc2)C[C@H](C(=O)N(C)Cc2nc3c(s2)CCCC3)NC(=O)[C@H](C)NC1=O. The molecule has 45 heavy (non-hydrogen) atoms. The number of benzene rings is 2. The van der Waals surface area contributed by atoms with Gasteiger partial charge in [-0.25, -0.2) is 4.98 Å². The van der Waals surface area contributed by atoms with Gasteiger partial charge in [-0.15, -0.1) is 11.3 Å². The number of nitrogens with one attached hydrogen (secondary N) is 3. The Morgan fingerprint density at radius 2 is 1.73 bits per heavy atom. The van der Waals surface area contributed by atoms with Crippen molar-refractivity contribution in [2.45, 2.75) is 77.5 Å². The van der Waals surface area contributed by atoms with Crippen molar-refractivity contribution in [2.75, 3.05) is 7.05 Å². The number of amides is 4. The molecule has 1 aromatic heterocycles. The number of carbonyl (C=O) groups is 4. The van der Waals surface area contributed by atoms with E-state index in [0.29, 0.717) is 18.0 Å². The summed E-state index contributed by atoms with van der Waals surface area (Å²) in [7, 11) is 1.70. The first kappa shape index (κ1) is 32.0. The molecule has 0 saturated carbocycles. The van der Waals surface area contributed by atoms with Gasteiger partial charge in [-0.3, -0.25) is 19.2 Å². The molecule has 0 radical (unpaired) electrons. The average Bonchev–Trinajstić information content (AvgIpc) is 3.42. The van der Waals surface area contributed by atoms with Gasteiger partial charge < -0.3 is 30.7 Å². The molecule has 0 fully saturated rings. The standard InChI is InChI=1S/C33H39N5O6S/c1-18(2)29-32(42)34-19(3)30(40)36-25(33(43)38(4)17-28-35-24-7-5-6-8-27(24)45-28)15-20-9-11-21(12-10-20)44-22-13-14-26(39)23(16-22)31(41)37-29/h9-14,16,18-19,25,29,39H,5-8,15,17H2,1-4H3,(H,34,42)(H,36,40)(H,37,41)/t19-,25+,29-/m0/s1. The summed E-state index contributed by atoms with van der Waals surface area (Å²) < 4.78 is 5.94. The molecule has 3 aliphatic rings. The highest BCUT2D eigenvalue weighted by Crippen LogP contribution is 2.29. The summed E-state index contributed by atoms with van der Waals surface area (Å²) in [5, 5.41) is 19.4. The number of carbonyl (C=O) groups excluding carboxylic acids is 4. The van der Waals surface area contributed by atoms with Crippen LogP contribution in [0.4, 0.5) is 0 Å². The normalized spacial score (nSPS) is 20.6. The van der Waals surface area contributed by atoms with Gasteiger partial charge >= 0.3 is 0 Å². The number of hydrogen-bond acceptors (Lipinski definition) is 8. The van der Waals surface area contributed by atoms with E-state index in [1.54, 1.807) is 61.4 Å². The topological polar surface area (TPSA) is 150 Å². The number of ether oxygens (including phenoxy) is 1. The number of likely N-dealkylation sites (N-methyl/N-ethyl adjacent to an activating group) is 1. The van der Waals surface area contributed by atoms with E-state index in [0.717, 1.165) is 41.9 Å². The van der Waals surface area contributed by atoms with E-state index in [9.17, 15) is 24.3 Å². The zero-order chi connectivity index (χ0) is 32.2. The first-order valence-electron chi connectivity index (χ1n) is 15.2. The lowest BCUT2D eigenvalue weighted by Crippen LogP contribution is -2.57. The summed E-state index contributed by atoms with van der Waals surface area (Å²) >= 11 is 1.64. The molecule has 2 aromatic carbocycles. The first-order valence-corrected chi connectivity index (χ1v) is 16.0. The maximum absolute atomic E-state index is 13.8. The molecule has 4 amide bonds. The minimum absolute atomic E-state index is 0.0575. The second-order valence-electron chi connectivity index (χ2n) is 12.0. The van der Waals surface area contributed by atoms with E-state index in [1.807, 2.05) is 0 Å². The monoisotopic (exact) mass is 633 g/mol. The van der Waals surface area contributed by atoms with E-state index in [-0.39, 0.29) is 29.6 Å². The summed E-state index contributed by atoms with van der Waals surface area (Å²) in [4.78, 5) is 61.3. The average molecular weight is 634 g/mol. The second-order valence-corrected chi connectivity index (χ2v) is 13.2. The van der Waals surface area contributed by atoms with Crippen LogP contribution in [0.1, 0.15) is 65.1 Å². The number of aromatic nitrogens is 1. The molecule has 3 heterocycles. The van der Waals surface area contributed by atoms with Crippen LogP contribution in [0.25, 0.3) is 0 Å². The molecule has 1 aliphatic carbocycles. The Bertz CT molecular complexity index is 1560. The Labute approximate surface area is 266 Å². The summed E-state index contributed by atoms with van der Waals surface area (Å²) in [6, 6.07) is 8.42. The van der Waals surface area contributed by atoms with Crippen molar-refractivity contribution in [2.24, 2.45) is 5.92 Å². The molecule has 4 N–H and O–H groups in total. The van der Waals surface area contributed by atoms with Crippen molar-refractivity contribution in [1.29, 1.82) is 0 Å². The van der Waals surface area contributed by atoms with Crippen LogP contribution in [0, 0.1) is 5.92 Å². The number of phenols is 1. The molecule has 3 aromatic rings. The third kappa shape index (κ3) is 7.62. The molecule has 12 heteroatoms. The number of rotatable bonds is 4. The van der Waals surface area contributed by atoms with Gasteiger partial charge in [0.2, 0.25) is 17.7 Å². The van der Waals surface area contributed by atoms with Crippen molar-refractivity contribution in [3.63, 3.8) is 0 Å². The van der Waals surface area contributed by atoms with E-state index >= 15 is 0 Å². The van der Waals surface area contributed by atoms with E-state index in [2.05, 4.69) is 16.0 Å². The van der Waals surface area contributed by atoms with Gasteiger partial charge in [0.1, 0.15) is 40.4 Å². The molecule has 2 aliphatic heterocycles. The number of fused-ring (bicyclic) bond motifs is 12. The Balaban J connectivity index is 1.42. The van der Waals surface area contributed by atoms with Crippen LogP contribution in [0.3, 0.4) is 0 Å². The zero-order valence-corrected chi connectivity index (χ0v) is 26.7. The fourth-order valence-electron chi connectivity index (χ4n) is 5.47. The van der Waals surface area contributed by atoms with Crippen LogP contribution in [-0.4, -0.2) is 63.8 Å². The van der Waals surface area contributed by atoms with Crippen molar-refractivity contribution >= 4 is 35.0 Å². The lowest BCUT2D eigenvalue weighted by molar-refractivity contribution is -0.136. The van der Waals surface area contributed by atoms with Gasteiger partial charge in [0.15, 0.2) is 0 Å². The fourth-order valence-corrected chi connectivity index (χ4v) is 6.68. The van der Waals surface area contributed by atoms with Crippen LogP contribution in [-0.2, 0) is 40.2 Å². The highest BCUT2D eigenvalue weighted by atomic mass is 32.1. The van der Waals surface area contributed by atoms with Crippen LogP contribution < -0.4 is 20.7 Å². The largest absolute Gasteiger partial charge is 0.507 e. The minimum atomic E-state index is -1.01. The van der Waals surface area contributed by atoms with Crippen LogP contribution >= 0.6 is 11.3 Å². The molecule has 0 unspecified atom stereocenters. The maximum Gasteiger partial charge on any atom is 0.255 e. The predicted octanol–water partition coefficient (Wildman–Crippen LogP) is 3.48. The van der Waals surface area contributed by atoms with Gasteiger partial charge in [0.05, 0.1) is 17.8 Å². The van der Waals surface area contributed by atoms with E-state index in [1.165, 1.54) is 30.0 Å². The Morgan fingerprint density at radius 1 is 1.02 bits per heavy atom. The Kier molecular flexibility index (Phi) is 9.71. The van der Waals surface area contributed by atoms with Crippen LogP contribution in [0.15, 0.2) is 42.5 Å². The number of hydrogen-bond donors (Lipinski definition) is 4. The van der Waals surface area contributed by atoms with Crippen LogP contribution in [0.5, 0.6) is 17.2 Å². The molecular weight excluding hydrogens is 594 g/mol. The lowest BCUT2D eigenvalue weighted by Gasteiger charge is -2.27. The van der Waals surface area contributed by atoms with Crippen molar-refractivity contribution in [1.82, 2.24) is 25.8 Å². The molecule has 238 valence electrons. The third-order valence-electron chi connectivity index (χ3n) is 8.05. The third-order valence-corrected chi connectivity index (χ3v) is 9.19. The van der Waals surface area contributed by atoms with Gasteiger partial charge in [-0.05, 0) is 74.4 Å². The summed E-state index contributed by atoms with van der Waals surface area (Å²) in [6.07, 6.45) is 4.45. The Hall–Kier alpha value is -4.45. The summed E-state index contributed by atoms with van der Waals surface area (Å²) in [5.41, 5.74) is 1.85. The number of aromatic hydroxyl groups is 1. The zero-order valence-electron chi connectivity index (χ0n) is 25.9. The molecule has 6 rings (SSSR count). The van der Waals surface area contributed by atoms with E-state index < -0.39 is 35.8 Å². The fraction of sp³-hybridized carbons (Fsp3) is 0.424. The summed E-state index contributed by atoms with van der Waals surface area (Å²) in [6.45, 7) is 5.37. The van der Waals surface area contributed by atoms with E-state index in [4.69, 9.17) is 9.72 Å². The predicted molar refractivity (Wildman–Crippen MR) is 169 cm³/mol. The molecule has 0 spiro atoms. The molecule has 4 bridgehead atoms. The van der Waals surface area contributed by atoms with Crippen molar-refractivity contribution < 1.29 is 29.0 Å². The highest BCUT2D eigenvalue weighted by Gasteiger charge is 2.31. The van der Waals surface area contributed by atoms with Gasteiger partial charge in [0, 0.05) is 18.3 Å². The summed E-state index contributed by atoms with van der Waals surface area (Å²) in [5.74, 6) is -1.89. The van der Waals surface area contributed by atoms with Gasteiger partial charge in [-0.1, -0.05) is 26.0 Å². The van der Waals surface area contributed by atoms with Gasteiger partial charge in [-0.2, -0.15) is 0 Å². The quantitative estimate of drug-likeness (QED) is 0.322. The van der Waals surface area contributed by atoms with Crippen molar-refractivity contribution in [3.05, 3.63) is 69.2 Å². The number of phenolic OH excluding ortho intramolecular Hbond substituents is 1. The Morgan fingerprint density at radius 3 is 2.44 bits per heavy atom. The first-order chi connectivity index (χ1) is 21.5. The molecule has 11 nitrogen and oxygen atoms in total. The number of nitrogens with zero attached hydrogens (tertiary/aromatic N) is 2. The maximum atomic E-state index is 13.8. The number of aryl methyl sites for hydroxylation is 2. The molecule has 3 atom stereocenters. The molecular formula is C33H39N5O6S. The lowest BCUT2D eigenvalue weighted by atomic mass is 10.0. The smallest absolute Gasteiger partial charge is 0.255 e. The van der Waals surface area contributed by atoms with Gasteiger partial charge in [0.25, 0.3) is 5.91 Å². The van der Waals surface area contributed by atoms with Crippen molar-refractivity contribution in [3.8, 4) is 17.2 Å². The number of thiazole rings is 1. The van der Waals surface area contributed by atoms with Crippen LogP contribution in [0.2, 0.25) is 0 Å². The highest BCUT2D eigenvalue weighted by molar-refractivity contribution is 7.11. The molecule has 0 saturated heterocycles.